The van der Waals surface area contributed by atoms with Crippen LogP contribution >= 0.6 is 0 Å². The third-order valence-corrected chi connectivity index (χ3v) is 4.96. The fraction of sp³-hybridized carbons (Fsp3) is 0.706. The number of nitrogens with zero attached hydrogens (tertiary/aromatic N) is 5. The summed E-state index contributed by atoms with van der Waals surface area (Å²) in [6.07, 6.45) is 1.21. The second-order valence-electron chi connectivity index (χ2n) is 6.60. The van der Waals surface area contributed by atoms with Gasteiger partial charge in [0.25, 0.3) is 0 Å². The highest BCUT2D eigenvalue weighted by Gasteiger charge is 2.33. The molecule has 1 N–H and O–H groups in total. The summed E-state index contributed by atoms with van der Waals surface area (Å²) < 4.78 is 8.00. The minimum Gasteiger partial charge on any atom is -0.373 e. The molecule has 0 saturated carbocycles. The highest BCUT2D eigenvalue weighted by Crippen LogP contribution is 2.37. The Bertz CT molecular complexity index is 704. The zero-order valence-electron chi connectivity index (χ0n) is 15.3. The van der Waals surface area contributed by atoms with Crippen LogP contribution in [0.15, 0.2) is 0 Å². The van der Waals surface area contributed by atoms with Crippen LogP contribution in [0.2, 0.25) is 0 Å². The maximum atomic E-state index is 6.05. The molecule has 7 nitrogen and oxygen atoms in total. The third-order valence-electron chi connectivity index (χ3n) is 4.96. The Morgan fingerprint density at radius 3 is 2.58 bits per heavy atom. The van der Waals surface area contributed by atoms with Crippen molar-refractivity contribution in [3.63, 3.8) is 0 Å². The van der Waals surface area contributed by atoms with Gasteiger partial charge in [-0.05, 0) is 34.1 Å². The highest BCUT2D eigenvalue weighted by molar-refractivity contribution is 5.28. The van der Waals surface area contributed by atoms with Crippen molar-refractivity contribution in [2.24, 2.45) is 13.0 Å². The number of hydrogen-bond donors (Lipinski definition) is 1. The van der Waals surface area contributed by atoms with Crippen molar-refractivity contribution in [2.75, 3.05) is 13.2 Å². The molecule has 3 rings (SSSR count). The molecule has 2 aromatic rings. The van der Waals surface area contributed by atoms with Gasteiger partial charge in [0.1, 0.15) is 0 Å². The van der Waals surface area contributed by atoms with Crippen molar-refractivity contribution in [3.8, 4) is 0 Å². The molecule has 7 heteroatoms. The van der Waals surface area contributed by atoms with Gasteiger partial charge in [0, 0.05) is 43.9 Å². The minimum absolute atomic E-state index is 0.138. The molecule has 0 aromatic carbocycles. The highest BCUT2D eigenvalue weighted by atomic mass is 16.5. The number of hydrogen-bond acceptors (Lipinski definition) is 5. The molecular weight excluding hydrogens is 304 g/mol. The molecule has 132 valence electrons. The first kappa shape index (κ1) is 17.1. The average Bonchev–Trinajstić information content (AvgIpc) is 3.20. The summed E-state index contributed by atoms with van der Waals surface area (Å²) in [5, 5.41) is 17.0. The van der Waals surface area contributed by atoms with Gasteiger partial charge in [-0.25, -0.2) is 0 Å². The minimum atomic E-state index is 0.138. The maximum Gasteiger partial charge on any atom is 0.0994 e. The quantitative estimate of drug-likeness (QED) is 0.874. The smallest absolute Gasteiger partial charge is 0.0994 e. The Morgan fingerprint density at radius 1 is 1.17 bits per heavy atom. The second kappa shape index (κ2) is 7.03. The predicted octanol–water partition coefficient (Wildman–Crippen LogP) is 1.82. The molecule has 0 aliphatic carbocycles. The maximum absolute atomic E-state index is 6.05. The van der Waals surface area contributed by atoms with E-state index in [1.54, 1.807) is 4.80 Å². The predicted molar refractivity (Wildman–Crippen MR) is 91.6 cm³/mol. The SMILES string of the molecule is CCn1nc(C)c(CNC[C@H]2CCO[C@@H]2c2c(C)nn(C)c2C)n1. The lowest BCUT2D eigenvalue weighted by Gasteiger charge is -2.19. The van der Waals surface area contributed by atoms with Crippen molar-refractivity contribution in [3.05, 3.63) is 28.3 Å². The summed E-state index contributed by atoms with van der Waals surface area (Å²) in [5.41, 5.74) is 5.57. The molecule has 1 saturated heterocycles. The van der Waals surface area contributed by atoms with Crippen molar-refractivity contribution in [1.29, 1.82) is 0 Å². The standard InChI is InChI=1S/C17H28N6O/c1-6-23-20-11(2)15(21-23)10-18-9-14-7-8-24-17(14)16-12(3)19-22(5)13(16)4/h14,17-18H,6-10H2,1-5H3/t14-,17+/m1/s1. The molecule has 0 radical (unpaired) electrons. The van der Waals surface area contributed by atoms with Crippen LogP contribution in [0, 0.1) is 26.7 Å². The molecule has 0 bridgehead atoms. The summed E-state index contributed by atoms with van der Waals surface area (Å²) in [7, 11) is 1.99. The number of nitrogens with one attached hydrogen (secondary N) is 1. The van der Waals surface area contributed by atoms with E-state index in [4.69, 9.17) is 4.74 Å². The van der Waals surface area contributed by atoms with Crippen molar-refractivity contribution < 1.29 is 4.74 Å². The van der Waals surface area contributed by atoms with Crippen LogP contribution in [0.5, 0.6) is 0 Å². The molecule has 2 atom stereocenters. The van der Waals surface area contributed by atoms with Gasteiger partial charge < -0.3 is 10.1 Å². The molecule has 2 aromatic heterocycles. The second-order valence-corrected chi connectivity index (χ2v) is 6.60. The Balaban J connectivity index is 1.63. The Morgan fingerprint density at radius 2 is 1.96 bits per heavy atom. The lowest BCUT2D eigenvalue weighted by Crippen LogP contribution is -2.25. The normalized spacial score (nSPS) is 20.9. The molecule has 0 spiro atoms. The van der Waals surface area contributed by atoms with Crippen LogP contribution in [0.3, 0.4) is 0 Å². The van der Waals surface area contributed by atoms with E-state index in [-0.39, 0.29) is 6.10 Å². The Kier molecular flexibility index (Phi) is 5.01. The Labute approximate surface area is 143 Å². The van der Waals surface area contributed by atoms with E-state index < -0.39 is 0 Å². The van der Waals surface area contributed by atoms with Crippen LogP contribution < -0.4 is 5.32 Å². The first-order valence-corrected chi connectivity index (χ1v) is 8.74. The lowest BCUT2D eigenvalue weighted by atomic mass is 9.94. The number of ether oxygens (including phenoxy) is 1. The van der Waals surface area contributed by atoms with Gasteiger partial charge in [0.05, 0.1) is 29.7 Å². The van der Waals surface area contributed by atoms with Gasteiger partial charge in [-0.2, -0.15) is 20.1 Å². The van der Waals surface area contributed by atoms with Gasteiger partial charge in [0.2, 0.25) is 0 Å². The summed E-state index contributed by atoms with van der Waals surface area (Å²) in [5.74, 6) is 0.466. The van der Waals surface area contributed by atoms with Crippen LogP contribution in [-0.2, 0) is 24.9 Å². The first-order chi connectivity index (χ1) is 11.5. The number of rotatable bonds is 6. The fourth-order valence-electron chi connectivity index (χ4n) is 3.51. The van der Waals surface area contributed by atoms with Gasteiger partial charge in [-0.1, -0.05) is 0 Å². The number of aryl methyl sites for hydroxylation is 4. The van der Waals surface area contributed by atoms with Crippen LogP contribution in [0.1, 0.15) is 47.8 Å². The lowest BCUT2D eigenvalue weighted by molar-refractivity contribution is 0.0893. The summed E-state index contributed by atoms with van der Waals surface area (Å²) >= 11 is 0. The molecule has 0 unspecified atom stereocenters. The molecule has 0 amide bonds. The van der Waals surface area contributed by atoms with Crippen LogP contribution in [-0.4, -0.2) is 37.9 Å². The van der Waals surface area contributed by atoms with Gasteiger partial charge >= 0.3 is 0 Å². The molecule has 1 aliphatic rings. The number of aromatic nitrogens is 5. The Hall–Kier alpha value is -1.73. The van der Waals surface area contributed by atoms with E-state index in [1.165, 1.54) is 11.3 Å². The molecule has 1 fully saturated rings. The van der Waals surface area contributed by atoms with Crippen LogP contribution in [0.25, 0.3) is 0 Å². The van der Waals surface area contributed by atoms with E-state index in [1.807, 2.05) is 18.7 Å². The monoisotopic (exact) mass is 332 g/mol. The van der Waals surface area contributed by atoms with E-state index in [0.717, 1.165) is 49.7 Å². The zero-order chi connectivity index (χ0) is 17.3. The van der Waals surface area contributed by atoms with Gasteiger partial charge in [-0.15, -0.1) is 0 Å². The largest absolute Gasteiger partial charge is 0.373 e. The van der Waals surface area contributed by atoms with E-state index in [2.05, 4.69) is 41.4 Å². The molecule has 1 aliphatic heterocycles. The summed E-state index contributed by atoms with van der Waals surface area (Å²) in [4.78, 5) is 1.75. The topological polar surface area (TPSA) is 69.8 Å². The first-order valence-electron chi connectivity index (χ1n) is 8.74. The fourth-order valence-corrected chi connectivity index (χ4v) is 3.51. The molecule has 24 heavy (non-hydrogen) atoms. The van der Waals surface area contributed by atoms with Gasteiger partial charge in [0.15, 0.2) is 0 Å². The van der Waals surface area contributed by atoms with Crippen LogP contribution in [0.4, 0.5) is 0 Å². The van der Waals surface area contributed by atoms with E-state index in [9.17, 15) is 0 Å². The zero-order valence-corrected chi connectivity index (χ0v) is 15.3. The molecule has 3 heterocycles. The molecular formula is C17H28N6O. The van der Waals surface area contributed by atoms with Gasteiger partial charge in [-0.3, -0.25) is 4.68 Å². The van der Waals surface area contributed by atoms with Crippen molar-refractivity contribution in [2.45, 2.75) is 53.3 Å². The average molecular weight is 332 g/mol. The van der Waals surface area contributed by atoms with Crippen molar-refractivity contribution in [1.82, 2.24) is 30.1 Å². The third kappa shape index (κ3) is 3.23. The van der Waals surface area contributed by atoms with E-state index >= 15 is 0 Å². The van der Waals surface area contributed by atoms with Crippen molar-refractivity contribution >= 4 is 0 Å². The summed E-state index contributed by atoms with van der Waals surface area (Å²) in [6, 6.07) is 0. The summed E-state index contributed by atoms with van der Waals surface area (Å²) in [6.45, 7) is 11.5. The van der Waals surface area contributed by atoms with E-state index in [0.29, 0.717) is 5.92 Å².